The molecule has 0 atom stereocenters. The highest BCUT2D eigenvalue weighted by Gasteiger charge is 2.27. The van der Waals surface area contributed by atoms with Gasteiger partial charge < -0.3 is 9.84 Å². The number of benzene rings is 1. The number of carbonyl (C=O) groups is 1. The molecule has 0 amide bonds. The van der Waals surface area contributed by atoms with Gasteiger partial charge in [-0.05, 0) is 23.6 Å². The van der Waals surface area contributed by atoms with Crippen LogP contribution in [0, 0.1) is 0 Å². The van der Waals surface area contributed by atoms with E-state index in [0.29, 0.717) is 17.1 Å². The van der Waals surface area contributed by atoms with Crippen molar-refractivity contribution in [3.8, 4) is 11.5 Å². The Hall–Kier alpha value is -2.07. The summed E-state index contributed by atoms with van der Waals surface area (Å²) in [5.74, 6) is 0.660. The van der Waals surface area contributed by atoms with Gasteiger partial charge in [-0.2, -0.15) is 0 Å². The van der Waals surface area contributed by atoms with E-state index in [4.69, 9.17) is 4.74 Å². The molecule has 3 nitrogen and oxygen atoms in total. The molecular formula is C13H8O3S. The van der Waals surface area contributed by atoms with Gasteiger partial charge in [-0.25, -0.2) is 0 Å². The number of aromatic hydroxyl groups is 1. The zero-order chi connectivity index (χ0) is 11.8. The summed E-state index contributed by atoms with van der Waals surface area (Å²) in [6.45, 7) is 0. The molecule has 2 aromatic rings. The Kier molecular flexibility index (Phi) is 2.23. The number of fused-ring (bicyclic) bond motifs is 1. The quantitative estimate of drug-likeness (QED) is 0.784. The van der Waals surface area contributed by atoms with E-state index in [1.165, 1.54) is 23.5 Å². The number of hydrogen-bond acceptors (Lipinski definition) is 4. The second kappa shape index (κ2) is 3.75. The van der Waals surface area contributed by atoms with E-state index in [1.54, 1.807) is 12.1 Å². The van der Waals surface area contributed by atoms with Crippen LogP contribution in [0.5, 0.6) is 11.5 Å². The fourth-order valence-electron chi connectivity index (χ4n) is 1.68. The molecule has 3 rings (SSSR count). The molecule has 1 aromatic carbocycles. The van der Waals surface area contributed by atoms with Crippen LogP contribution in [-0.4, -0.2) is 10.9 Å². The van der Waals surface area contributed by atoms with Crippen LogP contribution in [0.15, 0.2) is 41.5 Å². The van der Waals surface area contributed by atoms with Crippen LogP contribution >= 0.6 is 11.3 Å². The Balaban J connectivity index is 2.02. The minimum absolute atomic E-state index is 0.0916. The lowest BCUT2D eigenvalue weighted by Crippen LogP contribution is -1.97. The lowest BCUT2D eigenvalue weighted by atomic mass is 10.1. The summed E-state index contributed by atoms with van der Waals surface area (Å²) in [5.41, 5.74) is 0.491. The number of rotatable bonds is 1. The fraction of sp³-hybridized carbons (Fsp3) is 0. The maximum atomic E-state index is 12.0. The van der Waals surface area contributed by atoms with Gasteiger partial charge >= 0.3 is 0 Å². The Labute approximate surface area is 102 Å². The van der Waals surface area contributed by atoms with Crippen molar-refractivity contribution in [2.24, 2.45) is 0 Å². The van der Waals surface area contributed by atoms with E-state index in [9.17, 15) is 9.90 Å². The summed E-state index contributed by atoms with van der Waals surface area (Å²) < 4.78 is 5.43. The van der Waals surface area contributed by atoms with Gasteiger partial charge in [0.25, 0.3) is 0 Å². The van der Waals surface area contributed by atoms with Crippen LogP contribution in [0.25, 0.3) is 6.08 Å². The van der Waals surface area contributed by atoms with Crippen LogP contribution in [0.3, 0.4) is 0 Å². The largest absolute Gasteiger partial charge is 0.508 e. The second-order valence-electron chi connectivity index (χ2n) is 3.64. The first-order valence-corrected chi connectivity index (χ1v) is 5.93. The van der Waals surface area contributed by atoms with Gasteiger partial charge in [0.05, 0.1) is 5.56 Å². The lowest BCUT2D eigenvalue weighted by Gasteiger charge is -1.97. The summed E-state index contributed by atoms with van der Waals surface area (Å²) in [6.07, 6.45) is 1.71. The summed E-state index contributed by atoms with van der Waals surface area (Å²) in [7, 11) is 0. The van der Waals surface area contributed by atoms with Crippen molar-refractivity contribution in [3.05, 3.63) is 51.9 Å². The predicted molar refractivity (Wildman–Crippen MR) is 65.4 cm³/mol. The number of phenolic OH excluding ortho intramolecular Hbond substituents is 1. The van der Waals surface area contributed by atoms with Crippen molar-refractivity contribution < 1.29 is 14.6 Å². The maximum Gasteiger partial charge on any atom is 0.232 e. The van der Waals surface area contributed by atoms with Gasteiger partial charge in [0.2, 0.25) is 5.78 Å². The van der Waals surface area contributed by atoms with Crippen LogP contribution in [0.2, 0.25) is 0 Å². The lowest BCUT2D eigenvalue weighted by molar-refractivity contribution is 0.101. The molecule has 1 aliphatic rings. The third-order valence-corrected chi connectivity index (χ3v) is 3.29. The molecule has 2 heterocycles. The number of carbonyl (C=O) groups excluding carboxylic acids is 1. The Bertz CT molecular complexity index is 612. The van der Waals surface area contributed by atoms with Crippen LogP contribution in [-0.2, 0) is 0 Å². The van der Waals surface area contributed by atoms with Crippen molar-refractivity contribution in [1.29, 1.82) is 0 Å². The second-order valence-corrected chi connectivity index (χ2v) is 4.61. The zero-order valence-corrected chi connectivity index (χ0v) is 9.53. The van der Waals surface area contributed by atoms with Gasteiger partial charge in [0, 0.05) is 17.0 Å². The van der Waals surface area contributed by atoms with E-state index in [-0.39, 0.29) is 11.5 Å². The molecule has 1 aromatic heterocycles. The smallest absolute Gasteiger partial charge is 0.232 e. The molecule has 1 N–H and O–H groups in total. The standard InChI is InChI=1S/C13H8O3S/c14-8-3-4-10-11(6-8)16-12(13(10)15)7-9-2-1-5-17-9/h1-7,14H. The minimum atomic E-state index is -0.145. The zero-order valence-electron chi connectivity index (χ0n) is 8.71. The molecule has 0 spiro atoms. The summed E-state index contributed by atoms with van der Waals surface area (Å²) in [5, 5.41) is 11.3. The molecule has 0 radical (unpaired) electrons. The summed E-state index contributed by atoms with van der Waals surface area (Å²) >= 11 is 1.54. The third kappa shape index (κ3) is 1.72. The SMILES string of the molecule is O=C1C(=Cc2cccs2)Oc2cc(O)ccc21. The average Bonchev–Trinajstić information content (AvgIpc) is 2.89. The highest BCUT2D eigenvalue weighted by molar-refractivity contribution is 7.10. The molecule has 0 bridgehead atoms. The Morgan fingerprint density at radius 1 is 1.29 bits per heavy atom. The molecule has 4 heteroatoms. The molecule has 1 aliphatic heterocycles. The average molecular weight is 244 g/mol. The highest BCUT2D eigenvalue weighted by Crippen LogP contribution is 2.34. The number of ketones is 1. The van der Waals surface area contributed by atoms with Gasteiger partial charge in [-0.15, -0.1) is 11.3 Å². The minimum Gasteiger partial charge on any atom is -0.508 e. The number of phenols is 1. The van der Waals surface area contributed by atoms with E-state index in [0.717, 1.165) is 4.88 Å². The van der Waals surface area contributed by atoms with Crippen molar-refractivity contribution in [2.45, 2.75) is 0 Å². The monoisotopic (exact) mass is 244 g/mol. The third-order valence-electron chi connectivity index (χ3n) is 2.47. The van der Waals surface area contributed by atoms with Crippen LogP contribution in [0.4, 0.5) is 0 Å². The number of Topliss-reactive ketones (excluding diaryl/α,β-unsaturated/α-hetero) is 1. The van der Waals surface area contributed by atoms with E-state index >= 15 is 0 Å². The van der Waals surface area contributed by atoms with Crippen LogP contribution in [0.1, 0.15) is 15.2 Å². The molecule has 17 heavy (non-hydrogen) atoms. The van der Waals surface area contributed by atoms with Gasteiger partial charge in [0.1, 0.15) is 11.5 Å². The number of thiophene rings is 1. The topological polar surface area (TPSA) is 46.5 Å². The van der Waals surface area contributed by atoms with Gasteiger partial charge in [-0.1, -0.05) is 6.07 Å². The van der Waals surface area contributed by atoms with Crippen molar-refractivity contribution in [1.82, 2.24) is 0 Å². The fourth-order valence-corrected chi connectivity index (χ4v) is 2.32. The first-order valence-electron chi connectivity index (χ1n) is 5.05. The normalized spacial score (nSPS) is 16.0. The Morgan fingerprint density at radius 2 is 2.18 bits per heavy atom. The number of ether oxygens (including phenoxy) is 1. The van der Waals surface area contributed by atoms with E-state index < -0.39 is 0 Å². The van der Waals surface area contributed by atoms with Crippen molar-refractivity contribution >= 4 is 23.2 Å². The first kappa shape index (κ1) is 10.1. The predicted octanol–water partition coefficient (Wildman–Crippen LogP) is 3.07. The maximum absolute atomic E-state index is 12.0. The highest BCUT2D eigenvalue weighted by atomic mass is 32.1. The summed E-state index contributed by atoms with van der Waals surface area (Å²) in [4.78, 5) is 12.9. The van der Waals surface area contributed by atoms with Crippen molar-refractivity contribution in [3.63, 3.8) is 0 Å². The summed E-state index contributed by atoms with van der Waals surface area (Å²) in [6, 6.07) is 8.32. The molecule has 0 saturated carbocycles. The molecule has 0 saturated heterocycles. The van der Waals surface area contributed by atoms with Crippen LogP contribution < -0.4 is 4.74 Å². The molecule has 0 unspecified atom stereocenters. The molecular weight excluding hydrogens is 236 g/mol. The van der Waals surface area contributed by atoms with Gasteiger partial charge in [-0.3, -0.25) is 4.79 Å². The first-order chi connectivity index (χ1) is 8.24. The Morgan fingerprint density at radius 3 is 2.94 bits per heavy atom. The van der Waals surface area contributed by atoms with E-state index in [2.05, 4.69) is 0 Å². The van der Waals surface area contributed by atoms with E-state index in [1.807, 2.05) is 17.5 Å². The van der Waals surface area contributed by atoms with Gasteiger partial charge in [0.15, 0.2) is 5.76 Å². The number of hydrogen-bond donors (Lipinski definition) is 1. The molecule has 0 aliphatic carbocycles. The number of allylic oxidation sites excluding steroid dienone is 1. The van der Waals surface area contributed by atoms with Crippen molar-refractivity contribution in [2.75, 3.05) is 0 Å². The molecule has 0 fully saturated rings. The molecule has 84 valence electrons.